The van der Waals surface area contributed by atoms with Crippen LogP contribution in [0, 0.1) is 12.8 Å². The molecule has 4 heteroatoms. The smallest absolute Gasteiger partial charge is 0.254 e. The summed E-state index contributed by atoms with van der Waals surface area (Å²) in [7, 11) is 0. The lowest BCUT2D eigenvalue weighted by atomic mass is 10.0. The van der Waals surface area contributed by atoms with E-state index in [1.807, 2.05) is 32.9 Å². The van der Waals surface area contributed by atoms with Gasteiger partial charge in [-0.2, -0.15) is 0 Å². The summed E-state index contributed by atoms with van der Waals surface area (Å²) in [6.45, 7) is 8.09. The van der Waals surface area contributed by atoms with Crippen molar-refractivity contribution < 1.29 is 4.42 Å². The van der Waals surface area contributed by atoms with E-state index in [-0.39, 0.29) is 11.5 Å². The summed E-state index contributed by atoms with van der Waals surface area (Å²) in [6.07, 6.45) is 1.18. The van der Waals surface area contributed by atoms with Crippen molar-refractivity contribution in [3.63, 3.8) is 0 Å². The topological polar surface area (TPSA) is 58.9 Å². The highest BCUT2D eigenvalue weighted by Gasteiger charge is 2.36. The Labute approximate surface area is 118 Å². The van der Waals surface area contributed by atoms with Crippen molar-refractivity contribution in [3.05, 3.63) is 39.5 Å². The van der Waals surface area contributed by atoms with Gasteiger partial charge in [0.1, 0.15) is 5.76 Å². The van der Waals surface area contributed by atoms with Gasteiger partial charge in [0.2, 0.25) is 0 Å². The fourth-order valence-electron chi connectivity index (χ4n) is 2.79. The SMILES string of the molecule is Cc1nc(-c2ccc(C3CC3C)o2)[nH]c(=O)c1C(C)C. The molecule has 106 valence electrons. The highest BCUT2D eigenvalue weighted by Crippen LogP contribution is 2.47. The van der Waals surface area contributed by atoms with Crippen LogP contribution in [0.2, 0.25) is 0 Å². The summed E-state index contributed by atoms with van der Waals surface area (Å²) in [5.41, 5.74) is 1.45. The van der Waals surface area contributed by atoms with Crippen molar-refractivity contribution in [2.24, 2.45) is 5.92 Å². The van der Waals surface area contributed by atoms with Gasteiger partial charge in [0.05, 0.1) is 0 Å². The zero-order valence-electron chi connectivity index (χ0n) is 12.4. The van der Waals surface area contributed by atoms with Crippen LogP contribution in [0.3, 0.4) is 0 Å². The molecule has 1 saturated carbocycles. The van der Waals surface area contributed by atoms with E-state index in [1.165, 1.54) is 6.42 Å². The fraction of sp³-hybridized carbons (Fsp3) is 0.500. The highest BCUT2D eigenvalue weighted by atomic mass is 16.3. The Morgan fingerprint density at radius 3 is 2.65 bits per heavy atom. The van der Waals surface area contributed by atoms with Gasteiger partial charge >= 0.3 is 0 Å². The van der Waals surface area contributed by atoms with Crippen molar-refractivity contribution in [2.75, 3.05) is 0 Å². The zero-order chi connectivity index (χ0) is 14.4. The number of aromatic nitrogens is 2. The first-order valence-electron chi connectivity index (χ1n) is 7.18. The monoisotopic (exact) mass is 272 g/mol. The molecule has 1 N–H and O–H groups in total. The molecule has 2 unspecified atom stereocenters. The molecule has 2 heterocycles. The molecule has 2 atom stereocenters. The lowest BCUT2D eigenvalue weighted by Crippen LogP contribution is -2.18. The Hall–Kier alpha value is -1.84. The molecule has 20 heavy (non-hydrogen) atoms. The van der Waals surface area contributed by atoms with Crippen molar-refractivity contribution in [3.8, 4) is 11.6 Å². The van der Waals surface area contributed by atoms with Gasteiger partial charge in [-0.25, -0.2) is 4.98 Å². The number of furan rings is 1. The Balaban J connectivity index is 1.98. The predicted molar refractivity (Wildman–Crippen MR) is 77.9 cm³/mol. The van der Waals surface area contributed by atoms with Crippen LogP contribution < -0.4 is 5.56 Å². The van der Waals surface area contributed by atoms with Crippen LogP contribution >= 0.6 is 0 Å². The quantitative estimate of drug-likeness (QED) is 0.929. The van der Waals surface area contributed by atoms with Gasteiger partial charge in [0.15, 0.2) is 11.6 Å². The van der Waals surface area contributed by atoms with E-state index in [1.54, 1.807) is 0 Å². The third-order valence-corrected chi connectivity index (χ3v) is 4.06. The van der Waals surface area contributed by atoms with Crippen LogP contribution in [0.1, 0.15) is 56.0 Å². The molecule has 1 fully saturated rings. The van der Waals surface area contributed by atoms with Crippen LogP contribution in [-0.2, 0) is 0 Å². The summed E-state index contributed by atoms with van der Waals surface area (Å²) < 4.78 is 5.84. The van der Waals surface area contributed by atoms with Crippen LogP contribution in [-0.4, -0.2) is 9.97 Å². The van der Waals surface area contributed by atoms with Gasteiger partial charge < -0.3 is 9.40 Å². The third kappa shape index (κ3) is 2.19. The van der Waals surface area contributed by atoms with Crippen molar-refractivity contribution >= 4 is 0 Å². The standard InChI is InChI=1S/C16H20N2O2/c1-8(2)14-10(4)17-15(18-16(14)19)13-6-5-12(20-13)11-7-9(11)3/h5-6,8-9,11H,7H2,1-4H3,(H,17,18,19). The van der Waals surface area contributed by atoms with Crippen LogP contribution in [0.4, 0.5) is 0 Å². The Morgan fingerprint density at radius 1 is 1.40 bits per heavy atom. The minimum atomic E-state index is -0.0692. The maximum absolute atomic E-state index is 12.1. The molecule has 1 aliphatic carbocycles. The highest BCUT2D eigenvalue weighted by molar-refractivity contribution is 5.48. The average Bonchev–Trinajstić information content (AvgIpc) is 2.90. The maximum atomic E-state index is 12.1. The van der Waals surface area contributed by atoms with Gasteiger partial charge in [-0.1, -0.05) is 20.8 Å². The van der Waals surface area contributed by atoms with Gasteiger partial charge in [0, 0.05) is 17.2 Å². The first-order valence-corrected chi connectivity index (χ1v) is 7.18. The Bertz CT molecular complexity index is 697. The second-order valence-corrected chi connectivity index (χ2v) is 6.09. The summed E-state index contributed by atoms with van der Waals surface area (Å²) in [4.78, 5) is 19.5. The summed E-state index contributed by atoms with van der Waals surface area (Å²) in [6, 6.07) is 3.89. The lowest BCUT2D eigenvalue weighted by Gasteiger charge is -2.08. The number of rotatable bonds is 3. The van der Waals surface area contributed by atoms with Crippen LogP contribution in [0.5, 0.6) is 0 Å². The van der Waals surface area contributed by atoms with Crippen molar-refractivity contribution in [2.45, 2.75) is 46.0 Å². The predicted octanol–water partition coefficient (Wildman–Crippen LogP) is 3.59. The molecule has 0 aliphatic heterocycles. The molecule has 0 saturated heterocycles. The van der Waals surface area contributed by atoms with Crippen LogP contribution in [0.25, 0.3) is 11.6 Å². The van der Waals surface area contributed by atoms with Crippen molar-refractivity contribution in [1.82, 2.24) is 9.97 Å². The van der Waals surface area contributed by atoms with E-state index < -0.39 is 0 Å². The normalized spacial score (nSPS) is 21.4. The number of nitrogens with zero attached hydrogens (tertiary/aromatic N) is 1. The molecule has 2 aromatic heterocycles. The molecule has 1 aliphatic rings. The van der Waals surface area contributed by atoms with E-state index in [0.29, 0.717) is 23.4 Å². The molecule has 0 spiro atoms. The molecule has 2 aromatic rings. The fourth-order valence-corrected chi connectivity index (χ4v) is 2.79. The molecule has 3 rings (SSSR count). The number of hydrogen-bond acceptors (Lipinski definition) is 3. The second kappa shape index (κ2) is 4.62. The minimum Gasteiger partial charge on any atom is -0.458 e. The second-order valence-electron chi connectivity index (χ2n) is 6.09. The summed E-state index contributed by atoms with van der Waals surface area (Å²) in [5.74, 6) is 3.57. The minimum absolute atomic E-state index is 0.0692. The van der Waals surface area contributed by atoms with Crippen molar-refractivity contribution in [1.29, 1.82) is 0 Å². The Kier molecular flexibility index (Phi) is 3.04. The lowest BCUT2D eigenvalue weighted by molar-refractivity contribution is 0.514. The van der Waals surface area contributed by atoms with Gasteiger partial charge in [0.25, 0.3) is 5.56 Å². The Morgan fingerprint density at radius 2 is 2.10 bits per heavy atom. The van der Waals surface area contributed by atoms with E-state index in [9.17, 15) is 4.79 Å². The number of nitrogens with one attached hydrogen (secondary N) is 1. The number of H-pyrrole nitrogens is 1. The largest absolute Gasteiger partial charge is 0.458 e. The first-order chi connectivity index (χ1) is 9.47. The van der Waals surface area contributed by atoms with Gasteiger partial charge in [-0.15, -0.1) is 0 Å². The maximum Gasteiger partial charge on any atom is 0.254 e. The van der Waals surface area contributed by atoms with Crippen LogP contribution in [0.15, 0.2) is 21.3 Å². The molecule has 0 amide bonds. The molecule has 4 nitrogen and oxygen atoms in total. The van der Waals surface area contributed by atoms with Gasteiger partial charge in [-0.05, 0) is 37.3 Å². The average molecular weight is 272 g/mol. The zero-order valence-corrected chi connectivity index (χ0v) is 12.4. The van der Waals surface area contributed by atoms with E-state index in [4.69, 9.17) is 4.42 Å². The number of hydrogen-bond donors (Lipinski definition) is 1. The van der Waals surface area contributed by atoms with E-state index in [2.05, 4.69) is 16.9 Å². The molecular weight excluding hydrogens is 252 g/mol. The third-order valence-electron chi connectivity index (χ3n) is 4.06. The van der Waals surface area contributed by atoms with E-state index in [0.717, 1.165) is 17.0 Å². The van der Waals surface area contributed by atoms with E-state index >= 15 is 0 Å². The van der Waals surface area contributed by atoms with Gasteiger partial charge in [-0.3, -0.25) is 4.79 Å². The summed E-state index contributed by atoms with van der Waals surface area (Å²) >= 11 is 0. The molecule has 0 radical (unpaired) electrons. The first kappa shape index (κ1) is 13.2. The number of aromatic amines is 1. The number of aryl methyl sites for hydroxylation is 1. The molecular formula is C16H20N2O2. The summed E-state index contributed by atoms with van der Waals surface area (Å²) in [5, 5.41) is 0. The molecule has 0 bridgehead atoms. The molecule has 0 aromatic carbocycles.